The third kappa shape index (κ3) is 4.58. The molecule has 0 saturated carbocycles. The van der Waals surface area contributed by atoms with Crippen molar-refractivity contribution in [3.8, 4) is 11.4 Å². The zero-order chi connectivity index (χ0) is 19.4. The van der Waals surface area contributed by atoms with E-state index in [1.165, 1.54) is 22.9 Å². The van der Waals surface area contributed by atoms with Crippen molar-refractivity contribution in [2.45, 2.75) is 10.7 Å². The van der Waals surface area contributed by atoms with E-state index >= 15 is 0 Å². The Kier molecular flexibility index (Phi) is 5.98. The predicted octanol–water partition coefficient (Wildman–Crippen LogP) is 5.10. The highest BCUT2D eigenvalue weighted by molar-refractivity contribution is 7.99. The number of carbonyl (C=O) groups excluding carboxylic acids is 1. The van der Waals surface area contributed by atoms with Crippen molar-refractivity contribution in [1.82, 2.24) is 9.78 Å². The van der Waals surface area contributed by atoms with E-state index in [9.17, 15) is 13.6 Å². The lowest BCUT2D eigenvalue weighted by Crippen LogP contribution is -2.14. The van der Waals surface area contributed by atoms with E-state index in [4.69, 9.17) is 16.3 Å². The maximum Gasteiger partial charge on any atom is 0.289 e. The van der Waals surface area contributed by atoms with Crippen LogP contribution < -0.4 is 10.1 Å². The van der Waals surface area contributed by atoms with E-state index in [0.717, 1.165) is 5.69 Å². The average Bonchev–Trinajstić information content (AvgIpc) is 3.15. The van der Waals surface area contributed by atoms with E-state index in [2.05, 4.69) is 10.4 Å². The summed E-state index contributed by atoms with van der Waals surface area (Å²) in [5.74, 6) is -2.48. The number of hydrogen-bond acceptors (Lipinski definition) is 4. The number of rotatable bonds is 6. The first-order valence-corrected chi connectivity index (χ1v) is 8.98. The molecule has 9 heteroatoms. The number of amides is 1. The molecule has 0 saturated heterocycles. The highest BCUT2D eigenvalue weighted by atomic mass is 35.5. The summed E-state index contributed by atoms with van der Waals surface area (Å²) in [5.41, 5.74) is 1.09. The molecule has 1 heterocycles. The van der Waals surface area contributed by atoms with Crippen LogP contribution in [0.4, 0.5) is 14.5 Å². The third-order valence-corrected chi connectivity index (χ3v) is 4.86. The fourth-order valence-electron chi connectivity index (χ4n) is 2.33. The first-order chi connectivity index (χ1) is 13.0. The van der Waals surface area contributed by atoms with Gasteiger partial charge >= 0.3 is 0 Å². The van der Waals surface area contributed by atoms with Gasteiger partial charge in [0.1, 0.15) is 5.75 Å². The highest BCUT2D eigenvalue weighted by Gasteiger charge is 2.17. The molecule has 0 aliphatic rings. The SMILES string of the molecule is COc1ccc(-n2ccc(C(=O)Nc3cccc(Cl)c3SC(F)F)n2)cc1. The van der Waals surface area contributed by atoms with Crippen molar-refractivity contribution in [2.24, 2.45) is 0 Å². The van der Waals surface area contributed by atoms with E-state index in [1.807, 2.05) is 0 Å². The summed E-state index contributed by atoms with van der Waals surface area (Å²) in [6.45, 7) is 0. The molecule has 1 aromatic heterocycles. The van der Waals surface area contributed by atoms with Gasteiger partial charge in [-0.1, -0.05) is 29.4 Å². The average molecular weight is 410 g/mol. The Balaban J connectivity index is 1.79. The molecule has 0 unspecified atom stereocenters. The lowest BCUT2D eigenvalue weighted by molar-refractivity contribution is 0.102. The van der Waals surface area contributed by atoms with Crippen molar-refractivity contribution in [1.29, 1.82) is 0 Å². The number of nitrogens with zero attached hydrogens (tertiary/aromatic N) is 2. The Morgan fingerprint density at radius 3 is 2.63 bits per heavy atom. The van der Waals surface area contributed by atoms with Crippen LogP contribution >= 0.6 is 23.4 Å². The molecule has 0 atom stereocenters. The van der Waals surface area contributed by atoms with Crippen LogP contribution in [0.3, 0.4) is 0 Å². The number of carbonyl (C=O) groups is 1. The zero-order valence-electron chi connectivity index (χ0n) is 14.0. The minimum atomic E-state index is -2.66. The number of thioether (sulfide) groups is 1. The maximum atomic E-state index is 12.8. The number of benzene rings is 2. The predicted molar refractivity (Wildman–Crippen MR) is 101 cm³/mol. The van der Waals surface area contributed by atoms with Crippen molar-refractivity contribution in [2.75, 3.05) is 12.4 Å². The van der Waals surface area contributed by atoms with Crippen molar-refractivity contribution in [3.63, 3.8) is 0 Å². The number of alkyl halides is 2. The Morgan fingerprint density at radius 1 is 1.22 bits per heavy atom. The van der Waals surface area contributed by atoms with Crippen LogP contribution in [-0.4, -0.2) is 28.6 Å². The van der Waals surface area contributed by atoms with Gasteiger partial charge in [-0.05, 0) is 42.5 Å². The Labute approximate surface area is 163 Å². The topological polar surface area (TPSA) is 56.1 Å². The van der Waals surface area contributed by atoms with Gasteiger partial charge in [0.25, 0.3) is 11.7 Å². The van der Waals surface area contributed by atoms with Crippen LogP contribution in [0.1, 0.15) is 10.5 Å². The molecular weight excluding hydrogens is 396 g/mol. The molecule has 0 aliphatic carbocycles. The molecule has 3 rings (SSSR count). The lowest BCUT2D eigenvalue weighted by atomic mass is 10.3. The minimum absolute atomic E-state index is 0.108. The number of ether oxygens (including phenoxy) is 1. The van der Waals surface area contributed by atoms with Crippen molar-refractivity contribution < 1.29 is 18.3 Å². The van der Waals surface area contributed by atoms with Gasteiger partial charge in [-0.3, -0.25) is 4.79 Å². The molecule has 5 nitrogen and oxygen atoms in total. The second-order valence-corrected chi connectivity index (χ2v) is 6.70. The summed E-state index contributed by atoms with van der Waals surface area (Å²) < 4.78 is 32.1. The Bertz CT molecular complexity index is 948. The summed E-state index contributed by atoms with van der Waals surface area (Å²) in [6, 6.07) is 13.2. The molecule has 0 bridgehead atoms. The van der Waals surface area contributed by atoms with Gasteiger partial charge < -0.3 is 10.1 Å². The molecule has 3 aromatic rings. The fraction of sp³-hybridized carbons (Fsp3) is 0.111. The van der Waals surface area contributed by atoms with Crippen molar-refractivity contribution >= 4 is 35.0 Å². The van der Waals surface area contributed by atoms with Crippen LogP contribution in [-0.2, 0) is 0 Å². The second kappa shape index (κ2) is 8.41. The number of methoxy groups -OCH3 is 1. The second-order valence-electron chi connectivity index (χ2n) is 5.29. The first kappa shape index (κ1) is 19.2. The molecule has 1 N–H and O–H groups in total. The number of hydrogen-bond donors (Lipinski definition) is 1. The summed E-state index contributed by atoms with van der Waals surface area (Å²) in [6.07, 6.45) is 1.63. The number of anilines is 1. The van der Waals surface area contributed by atoms with Gasteiger partial charge in [-0.25, -0.2) is 4.68 Å². The van der Waals surface area contributed by atoms with Gasteiger partial charge in [0.15, 0.2) is 5.69 Å². The van der Waals surface area contributed by atoms with Crippen molar-refractivity contribution in [3.05, 3.63) is 65.4 Å². The first-order valence-electron chi connectivity index (χ1n) is 7.72. The standard InChI is InChI=1S/C18H14ClF2N3O2S/c1-26-12-7-5-11(6-8-12)24-10-9-15(23-24)17(25)22-14-4-2-3-13(19)16(14)27-18(20)21/h2-10,18H,1H3,(H,22,25). The summed E-state index contributed by atoms with van der Waals surface area (Å²) in [5, 5.41) is 6.94. The third-order valence-electron chi connectivity index (χ3n) is 3.58. The number of aromatic nitrogens is 2. The van der Waals surface area contributed by atoms with Crippen LogP contribution in [0.5, 0.6) is 5.75 Å². The van der Waals surface area contributed by atoms with Gasteiger partial charge in [0, 0.05) is 6.20 Å². The lowest BCUT2D eigenvalue weighted by Gasteiger charge is -2.11. The highest BCUT2D eigenvalue weighted by Crippen LogP contribution is 2.37. The van der Waals surface area contributed by atoms with Gasteiger partial charge in [-0.2, -0.15) is 13.9 Å². The zero-order valence-corrected chi connectivity index (χ0v) is 15.6. The smallest absolute Gasteiger partial charge is 0.289 e. The fourth-order valence-corrected chi connectivity index (χ4v) is 3.24. The quantitative estimate of drug-likeness (QED) is 0.575. The largest absolute Gasteiger partial charge is 0.497 e. The summed E-state index contributed by atoms with van der Waals surface area (Å²) >= 11 is 6.25. The summed E-state index contributed by atoms with van der Waals surface area (Å²) in [7, 11) is 1.57. The van der Waals surface area contributed by atoms with Gasteiger partial charge in [-0.15, -0.1) is 0 Å². The molecule has 0 fully saturated rings. The molecule has 0 radical (unpaired) electrons. The maximum absolute atomic E-state index is 12.8. The molecule has 0 aliphatic heterocycles. The van der Waals surface area contributed by atoms with Crippen LogP contribution in [0.15, 0.2) is 59.6 Å². The van der Waals surface area contributed by atoms with Crippen LogP contribution in [0.25, 0.3) is 5.69 Å². The molecule has 2 aromatic carbocycles. The van der Waals surface area contributed by atoms with E-state index in [-0.39, 0.29) is 33.1 Å². The Hall–Kier alpha value is -2.58. The van der Waals surface area contributed by atoms with E-state index < -0.39 is 11.7 Å². The Morgan fingerprint density at radius 2 is 1.96 bits per heavy atom. The van der Waals surface area contributed by atoms with E-state index in [1.54, 1.807) is 43.6 Å². The van der Waals surface area contributed by atoms with Crippen LogP contribution in [0, 0.1) is 0 Å². The molecule has 27 heavy (non-hydrogen) atoms. The van der Waals surface area contributed by atoms with Gasteiger partial charge in [0.05, 0.1) is 28.4 Å². The number of halogens is 3. The minimum Gasteiger partial charge on any atom is -0.497 e. The molecular formula is C18H14ClF2N3O2S. The number of nitrogens with one attached hydrogen (secondary N) is 1. The van der Waals surface area contributed by atoms with E-state index in [0.29, 0.717) is 5.75 Å². The summed E-state index contributed by atoms with van der Waals surface area (Å²) in [4.78, 5) is 12.6. The normalized spacial score (nSPS) is 10.9. The van der Waals surface area contributed by atoms with Gasteiger partial charge in [0.2, 0.25) is 0 Å². The molecule has 0 spiro atoms. The molecule has 140 valence electrons. The van der Waals surface area contributed by atoms with Crippen LogP contribution in [0.2, 0.25) is 5.02 Å². The molecule has 1 amide bonds. The monoisotopic (exact) mass is 409 g/mol.